The van der Waals surface area contributed by atoms with Crippen LogP contribution in [0, 0.1) is 12.7 Å². The molecule has 2 aromatic carbocycles. The number of hydrogen-bond donors (Lipinski definition) is 1. The van der Waals surface area contributed by atoms with Crippen molar-refractivity contribution < 1.29 is 23.5 Å². The Bertz CT molecular complexity index is 1050. The smallest absolute Gasteiger partial charge is 0.350 e. The fraction of sp³-hybridized carbons (Fsp3) is 0.100. The largest absolute Gasteiger partial charge is 0.465 e. The summed E-state index contributed by atoms with van der Waals surface area (Å²) in [5, 5.41) is 4.54. The first-order chi connectivity index (χ1) is 14.0. The Morgan fingerprint density at radius 1 is 1.10 bits per heavy atom. The number of carbonyl (C=O) groups excluding carboxylic acids is 2. The summed E-state index contributed by atoms with van der Waals surface area (Å²) in [6.07, 6.45) is 1.56. The van der Waals surface area contributed by atoms with E-state index in [1.54, 1.807) is 37.4 Å². The van der Waals surface area contributed by atoms with Crippen molar-refractivity contribution in [3.05, 3.63) is 76.0 Å². The van der Waals surface area contributed by atoms with Crippen LogP contribution in [0.4, 0.5) is 9.52 Å². The Kier molecular flexibility index (Phi) is 6.30. The number of ether oxygens (including phenoxy) is 2. The molecule has 0 fully saturated rings. The van der Waals surface area contributed by atoms with Crippen LogP contribution in [-0.2, 0) is 4.74 Å². The number of nitrogens with zero attached hydrogens (tertiary/aromatic N) is 2. The number of aryl methyl sites for hydroxylation is 1. The fourth-order valence-electron chi connectivity index (χ4n) is 2.26. The molecule has 0 aliphatic carbocycles. The van der Waals surface area contributed by atoms with Gasteiger partial charge in [-0.05, 0) is 61.0 Å². The lowest BCUT2D eigenvalue weighted by molar-refractivity contribution is 0.0604. The van der Waals surface area contributed by atoms with Gasteiger partial charge in [-0.2, -0.15) is 5.10 Å². The van der Waals surface area contributed by atoms with Gasteiger partial charge in [0.2, 0.25) is 5.13 Å². The normalized spacial score (nSPS) is 10.7. The van der Waals surface area contributed by atoms with Crippen LogP contribution in [0.5, 0.6) is 5.75 Å². The molecule has 0 saturated heterocycles. The first-order valence-corrected chi connectivity index (χ1v) is 9.20. The van der Waals surface area contributed by atoms with Gasteiger partial charge in [-0.3, -0.25) is 5.43 Å². The molecule has 1 aromatic heterocycles. The van der Waals surface area contributed by atoms with Gasteiger partial charge in [0.1, 0.15) is 16.4 Å². The Labute approximate surface area is 169 Å². The predicted octanol–water partition coefficient (Wildman–Crippen LogP) is 4.04. The van der Waals surface area contributed by atoms with Crippen molar-refractivity contribution in [2.45, 2.75) is 6.92 Å². The summed E-state index contributed by atoms with van der Waals surface area (Å²) in [5.74, 6) is -1.09. The minimum absolute atomic E-state index is 0.256. The number of nitrogens with one attached hydrogen (secondary N) is 1. The number of hydrazone groups is 1. The third kappa shape index (κ3) is 5.23. The number of esters is 2. The lowest BCUT2D eigenvalue weighted by atomic mass is 10.2. The zero-order chi connectivity index (χ0) is 20.8. The Morgan fingerprint density at radius 3 is 2.45 bits per heavy atom. The Balaban J connectivity index is 1.58. The van der Waals surface area contributed by atoms with Crippen molar-refractivity contribution in [2.75, 3.05) is 12.5 Å². The second kappa shape index (κ2) is 9.07. The van der Waals surface area contributed by atoms with E-state index in [0.717, 1.165) is 16.9 Å². The molecule has 0 aliphatic heterocycles. The van der Waals surface area contributed by atoms with Crippen molar-refractivity contribution in [2.24, 2.45) is 5.10 Å². The topological polar surface area (TPSA) is 89.9 Å². The molecule has 3 rings (SSSR count). The third-order valence-electron chi connectivity index (χ3n) is 3.71. The van der Waals surface area contributed by atoms with Crippen LogP contribution in [-0.4, -0.2) is 30.2 Å². The fourth-order valence-corrected chi connectivity index (χ4v) is 3.10. The molecule has 0 saturated carbocycles. The summed E-state index contributed by atoms with van der Waals surface area (Å²) >= 11 is 1.14. The molecule has 0 bridgehead atoms. The molecule has 0 spiro atoms. The molecular weight excluding hydrogens is 397 g/mol. The van der Waals surface area contributed by atoms with Gasteiger partial charge in [-0.15, -0.1) is 0 Å². The molecule has 0 radical (unpaired) electrons. The van der Waals surface area contributed by atoms with Crippen molar-refractivity contribution in [1.29, 1.82) is 0 Å². The van der Waals surface area contributed by atoms with Crippen LogP contribution in [0.1, 0.15) is 31.3 Å². The summed E-state index contributed by atoms with van der Waals surface area (Å²) in [5.41, 5.74) is 4.33. The number of rotatable bonds is 6. The summed E-state index contributed by atoms with van der Waals surface area (Å²) in [6.45, 7) is 1.71. The van der Waals surface area contributed by atoms with Gasteiger partial charge in [0.05, 0.1) is 24.6 Å². The van der Waals surface area contributed by atoms with Crippen molar-refractivity contribution in [3.8, 4) is 5.75 Å². The Morgan fingerprint density at radius 2 is 1.79 bits per heavy atom. The summed E-state index contributed by atoms with van der Waals surface area (Å²) in [6, 6.07) is 11.8. The average molecular weight is 413 g/mol. The minimum Gasteiger partial charge on any atom is -0.465 e. The second-order valence-corrected chi connectivity index (χ2v) is 6.76. The highest BCUT2D eigenvalue weighted by Gasteiger charge is 2.15. The molecule has 1 N–H and O–H groups in total. The first kappa shape index (κ1) is 20.2. The van der Waals surface area contributed by atoms with E-state index in [4.69, 9.17) is 4.74 Å². The number of aromatic nitrogens is 1. The molecule has 148 valence electrons. The monoisotopic (exact) mass is 413 g/mol. The van der Waals surface area contributed by atoms with Gasteiger partial charge in [0, 0.05) is 0 Å². The van der Waals surface area contributed by atoms with Crippen LogP contribution in [0.2, 0.25) is 0 Å². The quantitative estimate of drug-likeness (QED) is 0.284. The molecule has 1 heterocycles. The lowest BCUT2D eigenvalue weighted by Gasteiger charge is -2.04. The summed E-state index contributed by atoms with van der Waals surface area (Å²) in [4.78, 5) is 28.2. The highest BCUT2D eigenvalue weighted by Crippen LogP contribution is 2.23. The highest BCUT2D eigenvalue weighted by molar-refractivity contribution is 7.17. The zero-order valence-electron chi connectivity index (χ0n) is 15.5. The van der Waals surface area contributed by atoms with Crippen molar-refractivity contribution in [3.63, 3.8) is 0 Å². The van der Waals surface area contributed by atoms with Crippen LogP contribution >= 0.6 is 11.3 Å². The standard InChI is InChI=1S/C20H16FN3O4S/c1-12-17(19(26)27-2)29-20(23-12)24-22-11-13-3-9-16(10-4-13)28-18(25)14-5-7-15(21)8-6-14/h3-11H,1-2H3,(H,23,24)/b22-11+. The Hall–Kier alpha value is -3.59. The van der Waals surface area contributed by atoms with E-state index in [2.05, 4.69) is 20.2 Å². The van der Waals surface area contributed by atoms with E-state index in [-0.39, 0.29) is 5.56 Å². The molecule has 9 heteroatoms. The number of anilines is 1. The van der Waals surface area contributed by atoms with E-state index >= 15 is 0 Å². The predicted molar refractivity (Wildman–Crippen MR) is 107 cm³/mol. The van der Waals surface area contributed by atoms with E-state index in [0.29, 0.717) is 21.5 Å². The number of thiazole rings is 1. The molecule has 0 unspecified atom stereocenters. The maximum atomic E-state index is 12.9. The number of carbonyl (C=O) groups is 2. The molecule has 29 heavy (non-hydrogen) atoms. The summed E-state index contributed by atoms with van der Waals surface area (Å²) < 4.78 is 22.8. The maximum Gasteiger partial charge on any atom is 0.350 e. The van der Waals surface area contributed by atoms with E-state index in [1.165, 1.54) is 31.4 Å². The zero-order valence-corrected chi connectivity index (χ0v) is 16.3. The first-order valence-electron chi connectivity index (χ1n) is 8.39. The third-order valence-corrected chi connectivity index (χ3v) is 4.75. The molecule has 3 aromatic rings. The van der Waals surface area contributed by atoms with Crippen LogP contribution in [0.25, 0.3) is 0 Å². The molecule has 0 aliphatic rings. The van der Waals surface area contributed by atoms with Crippen molar-refractivity contribution >= 4 is 34.6 Å². The molecule has 0 atom stereocenters. The van der Waals surface area contributed by atoms with Crippen LogP contribution in [0.3, 0.4) is 0 Å². The summed E-state index contributed by atoms with van der Waals surface area (Å²) in [7, 11) is 1.31. The van der Waals surface area contributed by atoms with Gasteiger partial charge >= 0.3 is 11.9 Å². The highest BCUT2D eigenvalue weighted by atomic mass is 32.1. The second-order valence-electron chi connectivity index (χ2n) is 5.76. The van der Waals surface area contributed by atoms with E-state index in [1.807, 2.05) is 0 Å². The van der Waals surface area contributed by atoms with Crippen LogP contribution < -0.4 is 10.2 Å². The SMILES string of the molecule is COC(=O)c1sc(N/N=C/c2ccc(OC(=O)c3ccc(F)cc3)cc2)nc1C. The number of hydrogen-bond acceptors (Lipinski definition) is 8. The van der Waals surface area contributed by atoms with Crippen LogP contribution in [0.15, 0.2) is 53.6 Å². The van der Waals surface area contributed by atoms with Gasteiger partial charge in [0.15, 0.2) is 0 Å². The molecule has 7 nitrogen and oxygen atoms in total. The average Bonchev–Trinajstić information content (AvgIpc) is 3.09. The number of benzene rings is 2. The molecular formula is C20H16FN3O4S. The van der Waals surface area contributed by atoms with Gasteiger partial charge in [0.25, 0.3) is 0 Å². The maximum absolute atomic E-state index is 12.9. The molecule has 0 amide bonds. The van der Waals surface area contributed by atoms with Gasteiger partial charge < -0.3 is 9.47 Å². The number of halogens is 1. The van der Waals surface area contributed by atoms with E-state index in [9.17, 15) is 14.0 Å². The van der Waals surface area contributed by atoms with Crippen molar-refractivity contribution in [1.82, 2.24) is 4.98 Å². The van der Waals surface area contributed by atoms with Gasteiger partial charge in [-0.1, -0.05) is 11.3 Å². The lowest BCUT2D eigenvalue weighted by Crippen LogP contribution is -2.08. The number of methoxy groups -OCH3 is 1. The minimum atomic E-state index is -0.575. The van der Waals surface area contributed by atoms with Gasteiger partial charge in [-0.25, -0.2) is 19.0 Å². The van der Waals surface area contributed by atoms with E-state index < -0.39 is 17.8 Å².